The van der Waals surface area contributed by atoms with Crippen molar-refractivity contribution in [2.24, 2.45) is 0 Å². The van der Waals surface area contributed by atoms with Crippen LogP contribution in [0.2, 0.25) is 0 Å². The third-order valence-corrected chi connectivity index (χ3v) is 4.15. The summed E-state index contributed by atoms with van der Waals surface area (Å²) in [7, 11) is 0. The highest BCUT2D eigenvalue weighted by Gasteiger charge is 2.11. The Hall–Kier alpha value is -2.45. The maximum Gasteiger partial charge on any atom is 0.257 e. The largest absolute Gasteiger partial charge is 0.492 e. The van der Waals surface area contributed by atoms with Crippen molar-refractivity contribution in [1.82, 2.24) is 5.32 Å². The highest BCUT2D eigenvalue weighted by atomic mass is 79.9. The van der Waals surface area contributed by atoms with Crippen LogP contribution >= 0.6 is 28.1 Å². The lowest BCUT2D eigenvalue weighted by Gasteiger charge is -2.12. The molecule has 0 radical (unpaired) electrons. The molecule has 0 unspecified atom stereocenters. The van der Waals surface area contributed by atoms with Gasteiger partial charge in [0, 0.05) is 23.9 Å². The van der Waals surface area contributed by atoms with Gasteiger partial charge in [-0.25, -0.2) is 0 Å². The van der Waals surface area contributed by atoms with E-state index in [1.54, 1.807) is 42.5 Å². The molecule has 0 fully saturated rings. The number of rotatable bonds is 6. The number of benzene rings is 2. The summed E-state index contributed by atoms with van der Waals surface area (Å²) in [5, 5.41) is 8.39. The van der Waals surface area contributed by atoms with E-state index in [1.165, 1.54) is 6.92 Å². The number of amides is 2. The van der Waals surface area contributed by atoms with Gasteiger partial charge in [-0.3, -0.25) is 14.9 Å². The molecule has 142 valence electrons. The van der Waals surface area contributed by atoms with E-state index in [2.05, 4.69) is 31.9 Å². The highest BCUT2D eigenvalue weighted by Crippen LogP contribution is 2.26. The topological polar surface area (TPSA) is 79.5 Å². The zero-order chi connectivity index (χ0) is 19.8. The molecule has 0 aromatic heterocycles. The average molecular weight is 450 g/mol. The highest BCUT2D eigenvalue weighted by molar-refractivity contribution is 9.10. The first kappa shape index (κ1) is 20.9. The van der Waals surface area contributed by atoms with Crippen LogP contribution in [0.3, 0.4) is 0 Å². The predicted molar refractivity (Wildman–Crippen MR) is 114 cm³/mol. The van der Waals surface area contributed by atoms with Crippen molar-refractivity contribution < 1.29 is 14.3 Å². The first-order chi connectivity index (χ1) is 12.9. The number of anilines is 2. The van der Waals surface area contributed by atoms with Crippen molar-refractivity contribution >= 4 is 56.4 Å². The average Bonchev–Trinajstić information content (AvgIpc) is 2.60. The third-order valence-electron chi connectivity index (χ3n) is 3.32. The number of thiocarbonyl (C=S) groups is 1. The van der Waals surface area contributed by atoms with Gasteiger partial charge in [-0.2, -0.15) is 0 Å². The zero-order valence-electron chi connectivity index (χ0n) is 15.0. The molecule has 0 spiro atoms. The number of carbonyl (C=O) groups is 2. The molecule has 0 saturated carbocycles. The van der Waals surface area contributed by atoms with Gasteiger partial charge in [-0.1, -0.05) is 13.0 Å². The molecule has 2 aromatic carbocycles. The number of nitrogens with one attached hydrogen (secondary N) is 3. The Morgan fingerprint density at radius 3 is 2.44 bits per heavy atom. The lowest BCUT2D eigenvalue weighted by molar-refractivity contribution is -0.114. The smallest absolute Gasteiger partial charge is 0.257 e. The quantitative estimate of drug-likeness (QED) is 0.572. The molecular formula is C19H20BrN3O3S. The predicted octanol–water partition coefficient (Wildman–Crippen LogP) is 4.32. The summed E-state index contributed by atoms with van der Waals surface area (Å²) >= 11 is 8.60. The summed E-state index contributed by atoms with van der Waals surface area (Å²) in [4.78, 5) is 23.5. The van der Waals surface area contributed by atoms with Gasteiger partial charge in [0.1, 0.15) is 5.75 Å². The Morgan fingerprint density at radius 1 is 1.11 bits per heavy atom. The molecule has 3 N–H and O–H groups in total. The molecule has 2 amide bonds. The second-order valence-electron chi connectivity index (χ2n) is 5.66. The van der Waals surface area contributed by atoms with Gasteiger partial charge in [0.25, 0.3) is 5.91 Å². The van der Waals surface area contributed by atoms with Crippen LogP contribution in [0.4, 0.5) is 11.4 Å². The SMILES string of the molecule is CCCOc1ccc(C(=O)NC(=S)Nc2cccc(NC(C)=O)c2)cc1Br. The molecule has 0 aliphatic carbocycles. The lowest BCUT2D eigenvalue weighted by atomic mass is 10.2. The number of carbonyl (C=O) groups excluding carboxylic acids is 2. The fraction of sp³-hybridized carbons (Fsp3) is 0.211. The minimum Gasteiger partial charge on any atom is -0.492 e. The van der Waals surface area contributed by atoms with Gasteiger partial charge >= 0.3 is 0 Å². The van der Waals surface area contributed by atoms with Crippen LogP contribution in [-0.4, -0.2) is 23.5 Å². The molecule has 0 aliphatic heterocycles. The van der Waals surface area contributed by atoms with Crippen LogP contribution in [0.5, 0.6) is 5.75 Å². The van der Waals surface area contributed by atoms with Gasteiger partial charge in [0.2, 0.25) is 5.91 Å². The second kappa shape index (κ2) is 10.0. The van der Waals surface area contributed by atoms with E-state index < -0.39 is 0 Å². The van der Waals surface area contributed by atoms with Gasteiger partial charge in [-0.15, -0.1) is 0 Å². The molecule has 27 heavy (non-hydrogen) atoms. The number of hydrogen-bond acceptors (Lipinski definition) is 4. The first-order valence-electron chi connectivity index (χ1n) is 8.31. The molecule has 2 rings (SSSR count). The third kappa shape index (κ3) is 6.65. The Kier molecular flexibility index (Phi) is 7.75. The van der Waals surface area contributed by atoms with Crippen LogP contribution in [0, 0.1) is 0 Å². The van der Waals surface area contributed by atoms with Crippen molar-refractivity contribution in [2.45, 2.75) is 20.3 Å². The van der Waals surface area contributed by atoms with Crippen molar-refractivity contribution in [3.8, 4) is 5.75 Å². The van der Waals surface area contributed by atoms with Gasteiger partial charge in [0.15, 0.2) is 5.11 Å². The summed E-state index contributed by atoms with van der Waals surface area (Å²) in [6.07, 6.45) is 0.901. The Balaban J connectivity index is 1.98. The van der Waals surface area contributed by atoms with E-state index >= 15 is 0 Å². The Bertz CT molecular complexity index is 858. The lowest BCUT2D eigenvalue weighted by Crippen LogP contribution is -2.34. The van der Waals surface area contributed by atoms with E-state index in [1.807, 2.05) is 6.92 Å². The summed E-state index contributed by atoms with van der Waals surface area (Å²) in [6, 6.07) is 12.1. The Labute approximate surface area is 171 Å². The molecule has 6 nitrogen and oxygen atoms in total. The van der Waals surface area contributed by atoms with E-state index in [9.17, 15) is 9.59 Å². The fourth-order valence-corrected chi connectivity index (χ4v) is 2.89. The fourth-order valence-electron chi connectivity index (χ4n) is 2.19. The van der Waals surface area contributed by atoms with Crippen molar-refractivity contribution in [1.29, 1.82) is 0 Å². The molecule has 8 heteroatoms. The van der Waals surface area contributed by atoms with E-state index in [0.29, 0.717) is 33.8 Å². The monoisotopic (exact) mass is 449 g/mol. The van der Waals surface area contributed by atoms with Crippen LogP contribution in [0.1, 0.15) is 30.6 Å². The molecule has 2 aromatic rings. The second-order valence-corrected chi connectivity index (χ2v) is 6.93. The number of hydrogen-bond donors (Lipinski definition) is 3. The van der Waals surface area contributed by atoms with Crippen LogP contribution in [0.25, 0.3) is 0 Å². The van der Waals surface area contributed by atoms with E-state index in [-0.39, 0.29) is 16.9 Å². The van der Waals surface area contributed by atoms with Crippen LogP contribution in [0.15, 0.2) is 46.9 Å². The van der Waals surface area contributed by atoms with Crippen molar-refractivity contribution in [2.75, 3.05) is 17.2 Å². The molecular weight excluding hydrogens is 430 g/mol. The summed E-state index contributed by atoms with van der Waals surface area (Å²) < 4.78 is 6.27. The summed E-state index contributed by atoms with van der Waals surface area (Å²) in [6.45, 7) is 4.06. The van der Waals surface area contributed by atoms with Gasteiger partial charge in [-0.05, 0) is 71.0 Å². The maximum absolute atomic E-state index is 12.4. The summed E-state index contributed by atoms with van der Waals surface area (Å²) in [5.74, 6) is 0.178. The van der Waals surface area contributed by atoms with E-state index in [0.717, 1.165) is 6.42 Å². The van der Waals surface area contributed by atoms with Crippen molar-refractivity contribution in [3.63, 3.8) is 0 Å². The van der Waals surface area contributed by atoms with E-state index in [4.69, 9.17) is 17.0 Å². The van der Waals surface area contributed by atoms with Gasteiger partial charge < -0.3 is 15.4 Å². The molecule has 0 atom stereocenters. The maximum atomic E-state index is 12.4. The Morgan fingerprint density at radius 2 is 1.81 bits per heavy atom. The zero-order valence-corrected chi connectivity index (χ0v) is 17.4. The van der Waals surface area contributed by atoms with Crippen LogP contribution < -0.4 is 20.7 Å². The minimum absolute atomic E-state index is 0.155. The number of ether oxygens (including phenoxy) is 1. The first-order valence-corrected chi connectivity index (χ1v) is 9.51. The molecule has 0 aliphatic rings. The molecule has 0 bridgehead atoms. The van der Waals surface area contributed by atoms with Gasteiger partial charge in [0.05, 0.1) is 11.1 Å². The van der Waals surface area contributed by atoms with Crippen LogP contribution in [-0.2, 0) is 4.79 Å². The standard InChI is InChI=1S/C19H20BrN3O3S/c1-3-9-26-17-8-7-13(10-16(17)20)18(25)23-19(27)22-15-6-4-5-14(11-15)21-12(2)24/h4-8,10-11H,3,9H2,1-2H3,(H,21,24)(H2,22,23,25,27). The summed E-state index contributed by atoms with van der Waals surface area (Å²) in [5.41, 5.74) is 1.73. The van der Waals surface area contributed by atoms with Crippen molar-refractivity contribution in [3.05, 3.63) is 52.5 Å². The minimum atomic E-state index is -0.340. The normalized spacial score (nSPS) is 10.0. The number of halogens is 1. The molecule has 0 saturated heterocycles. The molecule has 0 heterocycles.